The second-order valence-electron chi connectivity index (χ2n) is 4.54. The van der Waals surface area contributed by atoms with E-state index in [-0.39, 0.29) is 11.0 Å². The Labute approximate surface area is 102 Å². The number of hydrogen-bond donors (Lipinski definition) is 0. The zero-order valence-electron chi connectivity index (χ0n) is 11.5. The Morgan fingerprint density at radius 2 is 0.562 bits per heavy atom. The Balaban J connectivity index is -0.000000845. The zero-order valence-corrected chi connectivity index (χ0v) is 11.5. The van der Waals surface area contributed by atoms with Crippen molar-refractivity contribution in [1.29, 1.82) is 0 Å². The van der Waals surface area contributed by atoms with Gasteiger partial charge in [0.1, 0.15) is 0 Å². The molecule has 0 spiro atoms. The fourth-order valence-electron chi connectivity index (χ4n) is 1.91. The van der Waals surface area contributed by atoms with Crippen molar-refractivity contribution < 1.29 is 11.0 Å². The molecule has 0 rings (SSSR count). The smallest absolute Gasteiger partial charge is 0.0533 e. The fraction of sp³-hybridized carbons (Fsp3) is 1.00. The molecule has 16 heavy (non-hydrogen) atoms. The molecule has 0 aliphatic carbocycles. The monoisotopic (exact) mass is 234 g/mol. The van der Waals surface area contributed by atoms with E-state index >= 15 is 0 Å². The van der Waals surface area contributed by atoms with Gasteiger partial charge in [0.15, 0.2) is 0 Å². The highest BCUT2D eigenvalue weighted by atomic mass is 16.0. The Morgan fingerprint density at radius 3 is 0.750 bits per heavy atom. The Hall–Kier alpha value is -0.0800. The van der Waals surface area contributed by atoms with Crippen molar-refractivity contribution in [2.75, 3.05) is 0 Å². The standard InChI is InChI=1S/C14H30.2H2O/c1-3-5-7-9-11-13-14-12-10-8-6-4-2;;/h3-14H2,1-2H3;2*1H2. The molecule has 0 aromatic heterocycles. The number of hydrogen-bond acceptors (Lipinski definition) is 0. The summed E-state index contributed by atoms with van der Waals surface area (Å²) in [5.41, 5.74) is 0. The van der Waals surface area contributed by atoms with E-state index in [4.69, 9.17) is 0 Å². The highest BCUT2D eigenvalue weighted by Crippen LogP contribution is 2.11. The molecule has 0 amide bonds. The summed E-state index contributed by atoms with van der Waals surface area (Å²) >= 11 is 0. The minimum absolute atomic E-state index is 0. The fourth-order valence-corrected chi connectivity index (χ4v) is 1.91. The summed E-state index contributed by atoms with van der Waals surface area (Å²) in [6.07, 6.45) is 17.4. The topological polar surface area (TPSA) is 63.0 Å². The zero-order chi connectivity index (χ0) is 10.5. The van der Waals surface area contributed by atoms with Gasteiger partial charge in [-0.3, -0.25) is 0 Å². The van der Waals surface area contributed by atoms with Crippen LogP contribution < -0.4 is 0 Å². The van der Waals surface area contributed by atoms with Gasteiger partial charge < -0.3 is 11.0 Å². The maximum absolute atomic E-state index is 2.29. The van der Waals surface area contributed by atoms with Crippen molar-refractivity contribution in [2.24, 2.45) is 0 Å². The van der Waals surface area contributed by atoms with Crippen LogP contribution in [0.4, 0.5) is 0 Å². The summed E-state index contributed by atoms with van der Waals surface area (Å²) in [5.74, 6) is 0. The summed E-state index contributed by atoms with van der Waals surface area (Å²) in [5, 5.41) is 0. The van der Waals surface area contributed by atoms with Crippen LogP contribution in [0.1, 0.15) is 90.9 Å². The average Bonchev–Trinajstić information content (AvgIpc) is 2.21. The van der Waals surface area contributed by atoms with Gasteiger partial charge in [-0.2, -0.15) is 0 Å². The normalized spacial score (nSPS) is 9.38. The molecule has 2 heteroatoms. The van der Waals surface area contributed by atoms with Crippen molar-refractivity contribution in [2.45, 2.75) is 90.9 Å². The lowest BCUT2D eigenvalue weighted by Gasteiger charge is -2.01. The minimum atomic E-state index is 0. The maximum atomic E-state index is 2.29. The highest BCUT2D eigenvalue weighted by molar-refractivity contribution is 4.47. The van der Waals surface area contributed by atoms with Crippen molar-refractivity contribution >= 4 is 0 Å². The number of rotatable bonds is 11. The molecule has 0 saturated heterocycles. The molecular formula is C14H34O2. The summed E-state index contributed by atoms with van der Waals surface area (Å²) in [4.78, 5) is 0. The second-order valence-corrected chi connectivity index (χ2v) is 4.54. The van der Waals surface area contributed by atoms with E-state index < -0.39 is 0 Å². The first-order valence-corrected chi connectivity index (χ1v) is 6.91. The van der Waals surface area contributed by atoms with Crippen molar-refractivity contribution in [3.63, 3.8) is 0 Å². The van der Waals surface area contributed by atoms with Gasteiger partial charge in [-0.05, 0) is 0 Å². The predicted molar refractivity (Wildman–Crippen MR) is 74.0 cm³/mol. The lowest BCUT2D eigenvalue weighted by Crippen LogP contribution is -1.81. The molecule has 0 fully saturated rings. The third kappa shape index (κ3) is 19.5. The molecule has 2 nitrogen and oxygen atoms in total. The highest BCUT2D eigenvalue weighted by Gasteiger charge is 1.91. The molecular weight excluding hydrogens is 200 g/mol. The molecule has 0 radical (unpaired) electrons. The quantitative estimate of drug-likeness (QED) is 0.484. The molecule has 0 atom stereocenters. The van der Waals surface area contributed by atoms with Crippen molar-refractivity contribution in [1.82, 2.24) is 0 Å². The third-order valence-electron chi connectivity index (χ3n) is 2.96. The van der Waals surface area contributed by atoms with E-state index in [0.717, 1.165) is 0 Å². The van der Waals surface area contributed by atoms with Gasteiger partial charge >= 0.3 is 0 Å². The van der Waals surface area contributed by atoms with Gasteiger partial charge in [-0.1, -0.05) is 90.9 Å². The average molecular weight is 234 g/mol. The first-order chi connectivity index (χ1) is 6.91. The van der Waals surface area contributed by atoms with Crippen LogP contribution in [-0.4, -0.2) is 11.0 Å². The van der Waals surface area contributed by atoms with Crippen LogP contribution in [0.15, 0.2) is 0 Å². The lowest BCUT2D eigenvalue weighted by molar-refractivity contribution is 0.548. The SMILES string of the molecule is CCCCCCCCCCCCCC.O.O. The van der Waals surface area contributed by atoms with E-state index in [1.807, 2.05) is 0 Å². The van der Waals surface area contributed by atoms with E-state index in [0.29, 0.717) is 0 Å². The number of unbranched alkanes of at least 4 members (excludes halogenated alkanes) is 11. The lowest BCUT2D eigenvalue weighted by atomic mass is 10.1. The predicted octanol–water partition coefficient (Wildman–Crippen LogP) is 4.06. The largest absolute Gasteiger partial charge is 0.412 e. The van der Waals surface area contributed by atoms with E-state index in [2.05, 4.69) is 13.8 Å². The summed E-state index contributed by atoms with van der Waals surface area (Å²) in [7, 11) is 0. The summed E-state index contributed by atoms with van der Waals surface area (Å²) in [6, 6.07) is 0. The van der Waals surface area contributed by atoms with Gasteiger partial charge in [0.2, 0.25) is 0 Å². The van der Waals surface area contributed by atoms with Gasteiger partial charge in [0, 0.05) is 0 Å². The molecule has 0 aliphatic heterocycles. The van der Waals surface area contributed by atoms with Crippen LogP contribution in [0.3, 0.4) is 0 Å². The molecule has 0 aromatic carbocycles. The molecule has 0 unspecified atom stereocenters. The van der Waals surface area contributed by atoms with Crippen LogP contribution in [0.5, 0.6) is 0 Å². The van der Waals surface area contributed by atoms with Crippen LogP contribution >= 0.6 is 0 Å². The third-order valence-corrected chi connectivity index (χ3v) is 2.96. The van der Waals surface area contributed by atoms with Gasteiger partial charge in [-0.15, -0.1) is 0 Å². The van der Waals surface area contributed by atoms with Crippen LogP contribution in [0.2, 0.25) is 0 Å². The van der Waals surface area contributed by atoms with Crippen LogP contribution in [0.25, 0.3) is 0 Å². The second kappa shape index (κ2) is 20.3. The van der Waals surface area contributed by atoms with Crippen molar-refractivity contribution in [3.05, 3.63) is 0 Å². The van der Waals surface area contributed by atoms with Crippen LogP contribution in [0, 0.1) is 0 Å². The molecule has 0 saturated carbocycles. The molecule has 0 bridgehead atoms. The molecule has 102 valence electrons. The maximum Gasteiger partial charge on any atom is -0.0533 e. The van der Waals surface area contributed by atoms with Crippen molar-refractivity contribution in [3.8, 4) is 0 Å². The van der Waals surface area contributed by atoms with Gasteiger partial charge in [-0.25, -0.2) is 0 Å². The Kier molecular flexibility index (Phi) is 27.0. The van der Waals surface area contributed by atoms with E-state index in [1.165, 1.54) is 77.0 Å². The van der Waals surface area contributed by atoms with E-state index in [9.17, 15) is 0 Å². The Bertz CT molecular complexity index is 82.7. The molecule has 4 N–H and O–H groups in total. The molecule has 0 aliphatic rings. The van der Waals surface area contributed by atoms with Gasteiger partial charge in [0.25, 0.3) is 0 Å². The van der Waals surface area contributed by atoms with E-state index in [1.54, 1.807) is 0 Å². The van der Waals surface area contributed by atoms with Crippen LogP contribution in [-0.2, 0) is 0 Å². The van der Waals surface area contributed by atoms with Gasteiger partial charge in [0.05, 0.1) is 0 Å². The summed E-state index contributed by atoms with van der Waals surface area (Å²) in [6.45, 7) is 4.57. The molecule has 0 heterocycles. The summed E-state index contributed by atoms with van der Waals surface area (Å²) < 4.78 is 0. The first-order valence-electron chi connectivity index (χ1n) is 6.91. The minimum Gasteiger partial charge on any atom is -0.412 e. The Morgan fingerprint density at radius 1 is 0.375 bits per heavy atom. The first kappa shape index (κ1) is 21.2. The molecule has 0 aromatic rings.